The average molecular weight is 409 g/mol. The summed E-state index contributed by atoms with van der Waals surface area (Å²) >= 11 is 0. The first-order valence-electron chi connectivity index (χ1n) is 9.67. The number of amides is 1. The Kier molecular flexibility index (Phi) is 4.91. The Morgan fingerprint density at radius 1 is 1.07 bits per heavy atom. The highest BCUT2D eigenvalue weighted by atomic mass is 19.4. The summed E-state index contributed by atoms with van der Waals surface area (Å²) in [5.41, 5.74) is 0.921. The van der Waals surface area contributed by atoms with Gasteiger partial charge in [0.2, 0.25) is 11.8 Å². The monoisotopic (exact) mass is 409 g/mol. The maximum atomic E-state index is 13.1. The number of hydrogen-bond donors (Lipinski definition) is 0. The lowest BCUT2D eigenvalue weighted by molar-refractivity contribution is -0.148. The van der Waals surface area contributed by atoms with Crippen LogP contribution in [-0.4, -0.2) is 55.2 Å². The quantitative estimate of drug-likeness (QED) is 0.759. The highest BCUT2D eigenvalue weighted by Crippen LogP contribution is 2.33. The van der Waals surface area contributed by atoms with Crippen LogP contribution in [0.25, 0.3) is 0 Å². The van der Waals surface area contributed by atoms with E-state index < -0.39 is 18.0 Å². The Hall–Kier alpha value is -2.72. The zero-order valence-corrected chi connectivity index (χ0v) is 16.3. The van der Waals surface area contributed by atoms with Crippen LogP contribution in [0.2, 0.25) is 0 Å². The first kappa shape index (κ1) is 19.6. The molecule has 2 aromatic heterocycles. The van der Waals surface area contributed by atoms with Crippen LogP contribution in [-0.2, 0) is 12.7 Å². The number of halogens is 3. The summed E-state index contributed by atoms with van der Waals surface area (Å²) in [5.74, 6) is -0.722. The van der Waals surface area contributed by atoms with Gasteiger partial charge in [-0.15, -0.1) is 10.2 Å². The molecule has 1 saturated heterocycles. The predicted octanol–water partition coefficient (Wildman–Crippen LogP) is 2.60. The zero-order chi connectivity index (χ0) is 20.8. The maximum Gasteiger partial charge on any atom is 0.451 e. The molecule has 1 unspecified atom stereocenters. The first-order valence-corrected chi connectivity index (χ1v) is 9.67. The molecule has 2 aliphatic heterocycles. The van der Waals surface area contributed by atoms with Gasteiger partial charge in [-0.1, -0.05) is 0 Å². The predicted molar refractivity (Wildman–Crippen MR) is 97.3 cm³/mol. The molecule has 156 valence electrons. The third-order valence-corrected chi connectivity index (χ3v) is 5.40. The van der Waals surface area contributed by atoms with Gasteiger partial charge in [0.25, 0.3) is 5.91 Å². The van der Waals surface area contributed by atoms with E-state index >= 15 is 0 Å². The number of anilines is 1. The fourth-order valence-corrected chi connectivity index (χ4v) is 3.92. The molecule has 0 saturated carbocycles. The third kappa shape index (κ3) is 3.65. The molecule has 1 fully saturated rings. The van der Waals surface area contributed by atoms with E-state index in [0.29, 0.717) is 11.6 Å². The van der Waals surface area contributed by atoms with Crippen LogP contribution in [0.5, 0.6) is 0 Å². The summed E-state index contributed by atoms with van der Waals surface area (Å²) < 4.78 is 40.3. The summed E-state index contributed by atoms with van der Waals surface area (Å²) in [5, 5.41) is 6.99. The van der Waals surface area contributed by atoms with Crippen molar-refractivity contribution >= 4 is 11.9 Å². The molecular weight excluding hydrogens is 387 g/mol. The van der Waals surface area contributed by atoms with E-state index in [-0.39, 0.29) is 30.5 Å². The van der Waals surface area contributed by atoms with Gasteiger partial charge in [-0.05, 0) is 39.2 Å². The Balaban J connectivity index is 1.60. The van der Waals surface area contributed by atoms with Crippen molar-refractivity contribution in [2.45, 2.75) is 51.9 Å². The standard InChI is InChI=1S/C18H22F3N7O/c1-11-10-13(23-17(22-11)26-6-4-3-5-7-26)15(29)27-8-9-28-14(12(27)2)24-25-16(28)18(19,20)21/h10,12H,3-9H2,1-2H3. The third-order valence-electron chi connectivity index (χ3n) is 5.40. The van der Waals surface area contributed by atoms with Crippen molar-refractivity contribution in [1.82, 2.24) is 29.6 Å². The highest BCUT2D eigenvalue weighted by molar-refractivity contribution is 5.93. The van der Waals surface area contributed by atoms with E-state index in [4.69, 9.17) is 0 Å². The number of aromatic nitrogens is 5. The van der Waals surface area contributed by atoms with Gasteiger partial charge in [-0.2, -0.15) is 13.2 Å². The van der Waals surface area contributed by atoms with E-state index in [9.17, 15) is 18.0 Å². The second kappa shape index (κ2) is 7.27. The lowest BCUT2D eigenvalue weighted by Crippen LogP contribution is -2.42. The van der Waals surface area contributed by atoms with Gasteiger partial charge in [0.15, 0.2) is 5.82 Å². The molecule has 2 aliphatic rings. The summed E-state index contributed by atoms with van der Waals surface area (Å²) in [7, 11) is 0. The van der Waals surface area contributed by atoms with Crippen molar-refractivity contribution in [1.29, 1.82) is 0 Å². The molecule has 0 aliphatic carbocycles. The van der Waals surface area contributed by atoms with Gasteiger partial charge in [0, 0.05) is 31.9 Å². The molecule has 4 heterocycles. The molecule has 2 aromatic rings. The molecule has 11 heteroatoms. The molecule has 1 atom stereocenters. The molecule has 1 amide bonds. The largest absolute Gasteiger partial charge is 0.451 e. The van der Waals surface area contributed by atoms with Crippen LogP contribution >= 0.6 is 0 Å². The van der Waals surface area contributed by atoms with Crippen LogP contribution in [0, 0.1) is 6.92 Å². The van der Waals surface area contributed by atoms with Gasteiger partial charge in [0.05, 0.1) is 6.04 Å². The number of carbonyl (C=O) groups is 1. The molecule has 8 nitrogen and oxygen atoms in total. The number of rotatable bonds is 2. The minimum Gasteiger partial charge on any atom is -0.341 e. The smallest absolute Gasteiger partial charge is 0.341 e. The first-order chi connectivity index (χ1) is 13.8. The van der Waals surface area contributed by atoms with Crippen LogP contribution in [0.4, 0.5) is 19.1 Å². The van der Waals surface area contributed by atoms with E-state index in [1.54, 1.807) is 19.9 Å². The Labute approximate surface area is 165 Å². The fraction of sp³-hybridized carbons (Fsp3) is 0.611. The van der Waals surface area contributed by atoms with Crippen molar-refractivity contribution in [3.05, 3.63) is 29.1 Å². The number of aryl methyl sites for hydroxylation is 1. The van der Waals surface area contributed by atoms with Crippen LogP contribution in [0.1, 0.15) is 60.1 Å². The van der Waals surface area contributed by atoms with E-state index in [2.05, 4.69) is 25.1 Å². The lowest BCUT2D eigenvalue weighted by Gasteiger charge is -2.34. The number of nitrogens with zero attached hydrogens (tertiary/aromatic N) is 7. The molecular formula is C18H22F3N7O. The van der Waals surface area contributed by atoms with Crippen LogP contribution < -0.4 is 4.90 Å². The van der Waals surface area contributed by atoms with Crippen LogP contribution in [0.15, 0.2) is 6.07 Å². The Morgan fingerprint density at radius 3 is 2.48 bits per heavy atom. The van der Waals surface area contributed by atoms with Crippen molar-refractivity contribution in [2.24, 2.45) is 0 Å². The van der Waals surface area contributed by atoms with Crippen molar-refractivity contribution < 1.29 is 18.0 Å². The number of fused-ring (bicyclic) bond motifs is 1. The zero-order valence-electron chi connectivity index (χ0n) is 16.3. The highest BCUT2D eigenvalue weighted by Gasteiger charge is 2.42. The van der Waals surface area contributed by atoms with E-state index in [1.165, 1.54) is 11.3 Å². The fourth-order valence-electron chi connectivity index (χ4n) is 3.92. The molecule has 0 N–H and O–H groups in total. The van der Waals surface area contributed by atoms with Gasteiger partial charge in [0.1, 0.15) is 5.69 Å². The number of piperidine rings is 1. The minimum absolute atomic E-state index is 0.0176. The van der Waals surface area contributed by atoms with Crippen molar-refractivity contribution in [2.75, 3.05) is 24.5 Å². The summed E-state index contributed by atoms with van der Waals surface area (Å²) in [6.07, 6.45) is -1.30. The second-order valence-corrected chi connectivity index (χ2v) is 7.45. The normalized spacial score (nSPS) is 20.0. The summed E-state index contributed by atoms with van der Waals surface area (Å²) in [6.45, 7) is 5.25. The Bertz CT molecular complexity index is 921. The lowest BCUT2D eigenvalue weighted by atomic mass is 10.1. The van der Waals surface area contributed by atoms with E-state index in [0.717, 1.165) is 30.5 Å². The average Bonchev–Trinajstić information content (AvgIpc) is 3.13. The minimum atomic E-state index is -4.58. The second-order valence-electron chi connectivity index (χ2n) is 7.45. The van der Waals surface area contributed by atoms with Gasteiger partial charge < -0.3 is 14.4 Å². The van der Waals surface area contributed by atoms with Gasteiger partial charge in [-0.25, -0.2) is 9.97 Å². The maximum absolute atomic E-state index is 13.1. The summed E-state index contributed by atoms with van der Waals surface area (Å²) in [4.78, 5) is 25.6. The molecule has 0 aromatic carbocycles. The summed E-state index contributed by atoms with van der Waals surface area (Å²) in [6, 6.07) is 0.969. The van der Waals surface area contributed by atoms with Crippen molar-refractivity contribution in [3.63, 3.8) is 0 Å². The topological polar surface area (TPSA) is 80.0 Å². The molecule has 0 radical (unpaired) electrons. The molecule has 4 rings (SSSR count). The van der Waals surface area contributed by atoms with Gasteiger partial charge >= 0.3 is 6.18 Å². The molecule has 0 spiro atoms. The number of alkyl halides is 3. The number of hydrogen-bond acceptors (Lipinski definition) is 6. The number of carbonyl (C=O) groups excluding carboxylic acids is 1. The van der Waals surface area contributed by atoms with Crippen molar-refractivity contribution in [3.8, 4) is 0 Å². The molecule has 0 bridgehead atoms. The Morgan fingerprint density at radius 2 is 1.79 bits per heavy atom. The van der Waals surface area contributed by atoms with E-state index in [1.807, 2.05) is 0 Å². The van der Waals surface area contributed by atoms with Crippen LogP contribution in [0.3, 0.4) is 0 Å². The van der Waals surface area contributed by atoms with Gasteiger partial charge in [-0.3, -0.25) is 4.79 Å². The SMILES string of the molecule is Cc1cc(C(=O)N2CCn3c(nnc3C(F)(F)F)C2C)nc(N2CCCCC2)n1. The molecule has 29 heavy (non-hydrogen) atoms.